The van der Waals surface area contributed by atoms with Crippen LogP contribution in [0.2, 0.25) is 0 Å². The van der Waals surface area contributed by atoms with Crippen LogP contribution in [0.3, 0.4) is 0 Å². The van der Waals surface area contributed by atoms with E-state index in [4.69, 9.17) is 9.72 Å². The van der Waals surface area contributed by atoms with Gasteiger partial charge in [-0.2, -0.15) is 0 Å². The molecular weight excluding hydrogens is 493 g/mol. The molecule has 0 aliphatic carbocycles. The highest BCUT2D eigenvalue weighted by Gasteiger charge is 2.26. The molecule has 154 valence electrons. The molecule has 1 N–H and O–H groups in total. The van der Waals surface area contributed by atoms with Crippen LogP contribution in [0.15, 0.2) is 48.5 Å². The van der Waals surface area contributed by atoms with Crippen molar-refractivity contribution in [2.75, 3.05) is 25.0 Å². The third-order valence-electron chi connectivity index (χ3n) is 5.24. The average Bonchev–Trinajstić information content (AvgIpc) is 2.77. The minimum atomic E-state index is -0.486. The lowest BCUT2D eigenvalue weighted by molar-refractivity contribution is -0.119. The van der Waals surface area contributed by atoms with E-state index in [9.17, 15) is 9.59 Å². The molecule has 0 saturated heterocycles. The number of nitrogens with one attached hydrogen (secondary N) is 1. The van der Waals surface area contributed by atoms with Gasteiger partial charge in [0, 0.05) is 45.4 Å². The van der Waals surface area contributed by atoms with Crippen LogP contribution < -0.4 is 5.32 Å². The summed E-state index contributed by atoms with van der Waals surface area (Å²) in [6, 6.07) is 15.0. The largest absolute Gasteiger partial charge is 0.452 e. The van der Waals surface area contributed by atoms with Crippen LogP contribution in [-0.4, -0.2) is 41.5 Å². The number of pyridine rings is 1. The number of carbonyl (C=O) groups is 2. The van der Waals surface area contributed by atoms with Crippen LogP contribution in [-0.2, 0) is 22.5 Å². The lowest BCUT2D eigenvalue weighted by Crippen LogP contribution is -2.32. The van der Waals surface area contributed by atoms with Gasteiger partial charge < -0.3 is 10.1 Å². The summed E-state index contributed by atoms with van der Waals surface area (Å²) in [6.07, 6.45) is 0.793. The first-order chi connectivity index (χ1) is 14.5. The smallest absolute Gasteiger partial charge is 0.339 e. The zero-order valence-corrected chi connectivity index (χ0v) is 18.8. The van der Waals surface area contributed by atoms with E-state index in [1.807, 2.05) is 48.5 Å². The molecule has 4 rings (SSSR count). The maximum atomic E-state index is 13.1. The molecule has 0 spiro atoms. The summed E-state index contributed by atoms with van der Waals surface area (Å²) in [6.45, 7) is 4.24. The van der Waals surface area contributed by atoms with Crippen LogP contribution in [0.25, 0.3) is 10.9 Å². The Morgan fingerprint density at radius 2 is 1.93 bits per heavy atom. The van der Waals surface area contributed by atoms with Gasteiger partial charge in [-0.3, -0.25) is 14.7 Å². The maximum absolute atomic E-state index is 13.1. The lowest BCUT2D eigenvalue weighted by Gasteiger charge is -2.28. The molecule has 30 heavy (non-hydrogen) atoms. The molecule has 1 aromatic heterocycles. The summed E-state index contributed by atoms with van der Waals surface area (Å²) in [5.74, 6) is -0.854. The molecule has 2 heterocycles. The predicted octanol–water partition coefficient (Wildman–Crippen LogP) is 4.01. The number of nitrogens with zero attached hydrogens (tertiary/aromatic N) is 2. The summed E-state index contributed by atoms with van der Waals surface area (Å²) in [7, 11) is 0. The molecule has 2 aromatic carbocycles. The van der Waals surface area contributed by atoms with E-state index in [-0.39, 0.29) is 12.5 Å². The fourth-order valence-electron chi connectivity index (χ4n) is 3.68. The number of benzene rings is 2. The Bertz CT molecular complexity index is 1100. The number of amides is 1. The lowest BCUT2D eigenvalue weighted by atomic mass is 9.96. The van der Waals surface area contributed by atoms with Gasteiger partial charge in [0.1, 0.15) is 0 Å². The molecule has 0 saturated carbocycles. The van der Waals surface area contributed by atoms with Crippen molar-refractivity contribution < 1.29 is 14.3 Å². The number of hydrogen-bond donors (Lipinski definition) is 1. The number of halogens is 1. The van der Waals surface area contributed by atoms with Crippen LogP contribution in [0, 0.1) is 3.57 Å². The van der Waals surface area contributed by atoms with Crippen molar-refractivity contribution in [3.05, 3.63) is 68.9 Å². The number of carbonyl (C=O) groups excluding carboxylic acids is 2. The van der Waals surface area contributed by atoms with Crippen LogP contribution in [0.4, 0.5) is 5.69 Å². The Morgan fingerprint density at radius 3 is 2.70 bits per heavy atom. The van der Waals surface area contributed by atoms with Gasteiger partial charge in [0.25, 0.3) is 5.91 Å². The zero-order chi connectivity index (χ0) is 21.1. The predicted molar refractivity (Wildman–Crippen MR) is 124 cm³/mol. The van der Waals surface area contributed by atoms with Gasteiger partial charge in [0.2, 0.25) is 0 Å². The van der Waals surface area contributed by atoms with Gasteiger partial charge in [-0.15, -0.1) is 0 Å². The third kappa shape index (κ3) is 4.46. The second-order valence-electron chi connectivity index (χ2n) is 7.18. The molecule has 3 aromatic rings. The normalized spacial score (nSPS) is 13.7. The van der Waals surface area contributed by atoms with Crippen molar-refractivity contribution in [1.82, 2.24) is 9.88 Å². The minimum Gasteiger partial charge on any atom is -0.452 e. The summed E-state index contributed by atoms with van der Waals surface area (Å²) in [5.41, 5.74) is 3.81. The minimum absolute atomic E-state index is 0.340. The first-order valence-electron chi connectivity index (χ1n) is 9.90. The van der Waals surface area contributed by atoms with E-state index in [2.05, 4.69) is 39.7 Å². The highest BCUT2D eigenvalue weighted by molar-refractivity contribution is 14.1. The molecule has 0 radical (unpaired) electrons. The fraction of sp³-hybridized carbons (Fsp3) is 0.261. The van der Waals surface area contributed by atoms with Crippen molar-refractivity contribution >= 4 is 51.1 Å². The molecule has 1 aliphatic rings. The molecule has 0 atom stereocenters. The first-order valence-corrected chi connectivity index (χ1v) is 11.0. The maximum Gasteiger partial charge on any atom is 0.339 e. The van der Waals surface area contributed by atoms with Gasteiger partial charge in [0.15, 0.2) is 6.61 Å². The Balaban J connectivity index is 1.56. The second-order valence-corrected chi connectivity index (χ2v) is 8.42. The van der Waals surface area contributed by atoms with Crippen molar-refractivity contribution in [2.45, 2.75) is 19.9 Å². The zero-order valence-electron chi connectivity index (χ0n) is 16.7. The highest BCUT2D eigenvalue weighted by atomic mass is 127. The average molecular weight is 515 g/mol. The Hall–Kier alpha value is -2.52. The van der Waals surface area contributed by atoms with E-state index in [1.165, 1.54) is 0 Å². The summed E-state index contributed by atoms with van der Waals surface area (Å²) < 4.78 is 6.51. The summed E-state index contributed by atoms with van der Waals surface area (Å²) >= 11 is 2.20. The first kappa shape index (κ1) is 20.7. The van der Waals surface area contributed by atoms with E-state index in [0.717, 1.165) is 45.2 Å². The summed E-state index contributed by atoms with van der Waals surface area (Å²) in [5, 5.41) is 3.51. The molecule has 6 nitrogen and oxygen atoms in total. The van der Waals surface area contributed by atoms with E-state index >= 15 is 0 Å². The number of esters is 1. The van der Waals surface area contributed by atoms with Crippen molar-refractivity contribution in [3.8, 4) is 0 Å². The Kier molecular flexibility index (Phi) is 6.29. The number of para-hydroxylation sites is 1. The Morgan fingerprint density at radius 1 is 1.17 bits per heavy atom. The van der Waals surface area contributed by atoms with Crippen LogP contribution in [0.5, 0.6) is 0 Å². The monoisotopic (exact) mass is 515 g/mol. The van der Waals surface area contributed by atoms with Gasteiger partial charge in [-0.1, -0.05) is 25.1 Å². The quantitative estimate of drug-likeness (QED) is 0.411. The highest BCUT2D eigenvalue weighted by Crippen LogP contribution is 2.28. The second kappa shape index (κ2) is 9.09. The standard InChI is InChI=1S/C23H22IN3O3/c1-2-27-12-11-20-18(13-27)22(17-5-3-4-6-19(17)26-20)23(29)30-14-21(28)25-16-9-7-15(24)8-10-16/h3-10H,2,11-14H2,1H3,(H,25,28). The van der Waals surface area contributed by atoms with Crippen molar-refractivity contribution in [2.24, 2.45) is 0 Å². The number of anilines is 1. The van der Waals surface area contributed by atoms with Gasteiger partial charge in [-0.25, -0.2) is 4.79 Å². The van der Waals surface area contributed by atoms with E-state index < -0.39 is 5.97 Å². The molecule has 1 aliphatic heterocycles. The number of aromatic nitrogens is 1. The van der Waals surface area contributed by atoms with E-state index in [0.29, 0.717) is 17.8 Å². The molecule has 0 unspecified atom stereocenters. The molecular formula is C23H22IN3O3. The fourth-order valence-corrected chi connectivity index (χ4v) is 4.04. The van der Waals surface area contributed by atoms with Gasteiger partial charge >= 0.3 is 5.97 Å². The number of ether oxygens (including phenoxy) is 1. The molecule has 0 fully saturated rings. The molecule has 7 heteroatoms. The van der Waals surface area contributed by atoms with Crippen molar-refractivity contribution in [1.29, 1.82) is 0 Å². The van der Waals surface area contributed by atoms with Gasteiger partial charge in [-0.05, 0) is 59.5 Å². The van der Waals surface area contributed by atoms with Gasteiger partial charge in [0.05, 0.1) is 11.1 Å². The number of likely N-dealkylation sites (N-methyl/N-ethyl adjacent to an activating group) is 1. The number of rotatable bonds is 5. The number of fused-ring (bicyclic) bond motifs is 2. The van der Waals surface area contributed by atoms with Crippen LogP contribution in [0.1, 0.15) is 28.5 Å². The summed E-state index contributed by atoms with van der Waals surface area (Å²) in [4.78, 5) is 32.4. The molecule has 1 amide bonds. The Labute approximate surface area is 188 Å². The number of hydrogen-bond acceptors (Lipinski definition) is 5. The van der Waals surface area contributed by atoms with Crippen LogP contribution >= 0.6 is 22.6 Å². The van der Waals surface area contributed by atoms with E-state index in [1.54, 1.807) is 0 Å². The molecule has 0 bridgehead atoms. The van der Waals surface area contributed by atoms with Crippen molar-refractivity contribution in [3.63, 3.8) is 0 Å². The third-order valence-corrected chi connectivity index (χ3v) is 5.96. The SMILES string of the molecule is CCN1CCc2nc3ccccc3c(C(=O)OCC(=O)Nc3ccc(I)cc3)c2C1. The topological polar surface area (TPSA) is 71.5 Å².